The Morgan fingerprint density at radius 3 is 2.56 bits per heavy atom. The maximum Gasteiger partial charge on any atom is 0.411 e. The average Bonchev–Trinajstić information content (AvgIpc) is 2.96. The molecule has 2 bridgehead atoms. The van der Waals surface area contributed by atoms with E-state index in [2.05, 4.69) is 25.3 Å². The zero-order chi connectivity index (χ0) is 29.1. The highest BCUT2D eigenvalue weighted by Gasteiger charge is 2.23. The highest BCUT2D eigenvalue weighted by Crippen LogP contribution is 2.36. The topological polar surface area (TPSA) is 93.2 Å². The third kappa shape index (κ3) is 6.02. The molecule has 0 saturated heterocycles. The van der Waals surface area contributed by atoms with Crippen LogP contribution in [0, 0.1) is 17.5 Å². The molecule has 210 valence electrons. The van der Waals surface area contributed by atoms with Gasteiger partial charge in [-0.2, -0.15) is 0 Å². The van der Waals surface area contributed by atoms with E-state index in [1.54, 1.807) is 30.3 Å². The molecule has 0 spiro atoms. The smallest absolute Gasteiger partial charge is 0.411 e. The number of halogens is 4. The van der Waals surface area contributed by atoms with Gasteiger partial charge in [-0.15, -0.1) is 0 Å². The summed E-state index contributed by atoms with van der Waals surface area (Å²) in [7, 11) is 1.22. The number of nitrogens with one attached hydrogen (secondary N) is 2. The van der Waals surface area contributed by atoms with Crippen LogP contribution in [0.4, 0.5) is 29.3 Å². The number of hydrogen-bond acceptors (Lipinski definition) is 5. The van der Waals surface area contributed by atoms with Crippen LogP contribution in [0.25, 0.3) is 22.4 Å². The minimum absolute atomic E-state index is 0.00711. The number of carbonyl (C=O) groups excluding carboxylic acids is 2. The van der Waals surface area contributed by atoms with E-state index in [0.717, 1.165) is 12.1 Å². The highest BCUT2D eigenvalue weighted by molar-refractivity contribution is 6.31. The number of ether oxygens (including phenoxy) is 1. The molecule has 0 radical (unpaired) electrons. The molecule has 0 saturated carbocycles. The summed E-state index contributed by atoms with van der Waals surface area (Å²) in [4.78, 5) is 33.6. The number of aromatic nitrogens is 2. The first-order chi connectivity index (χ1) is 19.7. The number of nitrogens with zero attached hydrogens (tertiary/aromatic N) is 2. The summed E-state index contributed by atoms with van der Waals surface area (Å²) in [6, 6.07) is 12.9. The lowest BCUT2D eigenvalue weighted by atomic mass is 9.91. The van der Waals surface area contributed by atoms with Gasteiger partial charge in [-0.3, -0.25) is 15.1 Å². The summed E-state index contributed by atoms with van der Waals surface area (Å²) < 4.78 is 48.8. The summed E-state index contributed by atoms with van der Waals surface area (Å²) >= 11 is 5.86. The molecule has 5 rings (SSSR count). The molecule has 4 aromatic rings. The molecule has 2 aromatic heterocycles. The third-order valence-electron chi connectivity index (χ3n) is 6.83. The van der Waals surface area contributed by atoms with Crippen LogP contribution < -0.4 is 10.6 Å². The summed E-state index contributed by atoms with van der Waals surface area (Å²) in [6.07, 6.45) is 2.62. The summed E-state index contributed by atoms with van der Waals surface area (Å²) in [5, 5.41) is 5.13. The van der Waals surface area contributed by atoms with E-state index in [1.165, 1.54) is 25.4 Å². The number of pyridine rings is 2. The molecule has 41 heavy (non-hydrogen) atoms. The normalized spacial score (nSPS) is 15.1. The van der Waals surface area contributed by atoms with Crippen LogP contribution in [0.2, 0.25) is 5.02 Å². The third-order valence-corrected chi connectivity index (χ3v) is 7.12. The predicted octanol–water partition coefficient (Wildman–Crippen LogP) is 7.70. The molecule has 2 amide bonds. The Hall–Kier alpha value is -4.44. The molecule has 1 atom stereocenters. The Morgan fingerprint density at radius 1 is 1.02 bits per heavy atom. The second-order valence-electron chi connectivity index (χ2n) is 9.48. The maximum atomic E-state index is 15.2. The van der Waals surface area contributed by atoms with E-state index >= 15 is 4.39 Å². The van der Waals surface area contributed by atoms with Crippen molar-refractivity contribution in [1.29, 1.82) is 0 Å². The predicted molar refractivity (Wildman–Crippen MR) is 149 cm³/mol. The molecular weight excluding hydrogens is 557 g/mol. The number of rotatable bonds is 3. The number of benzene rings is 2. The number of methoxy groups -OCH3 is 1. The molecule has 3 heterocycles. The summed E-state index contributed by atoms with van der Waals surface area (Å²) in [5.74, 6) is -2.91. The van der Waals surface area contributed by atoms with Crippen molar-refractivity contribution in [3.05, 3.63) is 94.7 Å². The number of fused-ring (bicyclic) bond motifs is 4. The van der Waals surface area contributed by atoms with E-state index in [1.807, 2.05) is 0 Å². The number of hydrogen-bond donors (Lipinski definition) is 2. The van der Waals surface area contributed by atoms with Crippen molar-refractivity contribution in [2.24, 2.45) is 0 Å². The van der Waals surface area contributed by atoms with E-state index < -0.39 is 23.5 Å². The molecule has 1 aliphatic heterocycles. The number of amides is 2. The first-order valence-electron chi connectivity index (χ1n) is 12.8. The van der Waals surface area contributed by atoms with Gasteiger partial charge in [-0.25, -0.2) is 22.9 Å². The fraction of sp³-hybridized carbons (Fsp3) is 0.200. The zero-order valence-electron chi connectivity index (χ0n) is 21.8. The Morgan fingerprint density at radius 2 is 1.80 bits per heavy atom. The largest absolute Gasteiger partial charge is 0.453 e. The Kier molecular flexibility index (Phi) is 8.21. The second kappa shape index (κ2) is 12.0. The lowest BCUT2D eigenvalue weighted by Crippen LogP contribution is -2.15. The molecule has 0 fully saturated rings. The maximum absolute atomic E-state index is 15.2. The van der Waals surface area contributed by atoms with Gasteiger partial charge in [0.25, 0.3) is 0 Å². The SMILES string of the molecule is COC(=O)Nc1ccc2c(c1)NC(=O)CCCCC(c1ccc(-c3c(F)ccc(Cl)c3F)cn1)c1ccc(F)c-2n1. The van der Waals surface area contributed by atoms with E-state index in [-0.39, 0.29) is 45.8 Å². The van der Waals surface area contributed by atoms with Gasteiger partial charge in [0.05, 0.1) is 29.1 Å². The van der Waals surface area contributed by atoms with Gasteiger partial charge >= 0.3 is 6.09 Å². The fourth-order valence-corrected chi connectivity index (χ4v) is 4.94. The average molecular weight is 581 g/mol. The van der Waals surface area contributed by atoms with Gasteiger partial charge in [-0.05, 0) is 61.4 Å². The van der Waals surface area contributed by atoms with Gasteiger partial charge in [-0.1, -0.05) is 24.1 Å². The van der Waals surface area contributed by atoms with Crippen LogP contribution >= 0.6 is 11.6 Å². The molecule has 7 nitrogen and oxygen atoms in total. The van der Waals surface area contributed by atoms with Gasteiger partial charge in [0.2, 0.25) is 5.91 Å². The van der Waals surface area contributed by atoms with Crippen LogP contribution in [0.3, 0.4) is 0 Å². The van der Waals surface area contributed by atoms with Crippen molar-refractivity contribution in [1.82, 2.24) is 9.97 Å². The fourth-order valence-electron chi connectivity index (χ4n) is 4.79. The molecular formula is C30H24ClF3N4O3. The highest BCUT2D eigenvalue weighted by atomic mass is 35.5. The molecule has 0 aliphatic carbocycles. The first kappa shape index (κ1) is 28.1. The quantitative estimate of drug-likeness (QED) is 0.242. The molecule has 2 N–H and O–H groups in total. The number of anilines is 2. The standard InChI is InChI=1S/C30H24ClF3N4O3/c1-41-30(40)36-17-7-8-19-25(14-17)37-26(39)5-3-2-4-18(24-13-11-22(33)29(19)38-24)23-12-6-16(15-35-23)27-21(32)10-9-20(31)28(27)34/h6-15,18H,2-5H2,1H3,(H,36,40)(H,37,39). The van der Waals surface area contributed by atoms with Crippen molar-refractivity contribution >= 4 is 35.0 Å². The lowest BCUT2D eigenvalue weighted by Gasteiger charge is -2.20. The Labute approximate surface area is 238 Å². The minimum atomic E-state index is -0.876. The Balaban J connectivity index is 1.56. The van der Waals surface area contributed by atoms with Gasteiger partial charge in [0, 0.05) is 41.0 Å². The van der Waals surface area contributed by atoms with Crippen LogP contribution in [0.1, 0.15) is 43.0 Å². The lowest BCUT2D eigenvalue weighted by molar-refractivity contribution is -0.116. The van der Waals surface area contributed by atoms with Crippen molar-refractivity contribution < 1.29 is 27.5 Å². The van der Waals surface area contributed by atoms with Crippen LogP contribution in [0.5, 0.6) is 0 Å². The van der Waals surface area contributed by atoms with Crippen LogP contribution in [0.15, 0.2) is 60.8 Å². The zero-order valence-corrected chi connectivity index (χ0v) is 22.6. The molecule has 2 aromatic carbocycles. The van der Waals surface area contributed by atoms with Gasteiger partial charge < -0.3 is 10.1 Å². The second-order valence-corrected chi connectivity index (χ2v) is 9.89. The van der Waals surface area contributed by atoms with Crippen molar-refractivity contribution in [3.63, 3.8) is 0 Å². The van der Waals surface area contributed by atoms with Gasteiger partial charge in [0.15, 0.2) is 5.82 Å². The van der Waals surface area contributed by atoms with Crippen molar-refractivity contribution in [2.75, 3.05) is 17.7 Å². The van der Waals surface area contributed by atoms with Crippen LogP contribution in [-0.4, -0.2) is 29.1 Å². The molecule has 1 unspecified atom stereocenters. The van der Waals surface area contributed by atoms with E-state index in [0.29, 0.717) is 41.9 Å². The molecule has 11 heteroatoms. The van der Waals surface area contributed by atoms with E-state index in [9.17, 15) is 18.4 Å². The first-order valence-corrected chi connectivity index (χ1v) is 13.2. The Bertz CT molecular complexity index is 1630. The minimum Gasteiger partial charge on any atom is -0.453 e. The van der Waals surface area contributed by atoms with Crippen molar-refractivity contribution in [3.8, 4) is 22.4 Å². The summed E-state index contributed by atoms with van der Waals surface area (Å²) in [5.41, 5.74) is 2.00. The van der Waals surface area contributed by atoms with Crippen LogP contribution in [-0.2, 0) is 9.53 Å². The number of carbonyl (C=O) groups is 2. The van der Waals surface area contributed by atoms with Crippen molar-refractivity contribution in [2.45, 2.75) is 31.6 Å². The van der Waals surface area contributed by atoms with Gasteiger partial charge in [0.1, 0.15) is 17.3 Å². The van der Waals surface area contributed by atoms with E-state index in [4.69, 9.17) is 11.6 Å². The summed E-state index contributed by atoms with van der Waals surface area (Å²) in [6.45, 7) is 0. The monoisotopic (exact) mass is 580 g/mol. The molecule has 1 aliphatic rings.